The molecule has 1 amide bonds. The van der Waals surface area contributed by atoms with Crippen molar-refractivity contribution in [1.29, 1.82) is 0 Å². The largest absolute Gasteiger partial charge is 0.448 e. The molecule has 0 aliphatic heterocycles. The van der Waals surface area contributed by atoms with Crippen molar-refractivity contribution >= 4 is 23.7 Å². The summed E-state index contributed by atoms with van der Waals surface area (Å²) >= 11 is 0. The molecule has 7 N–H and O–H groups in total. The number of amides is 1. The Labute approximate surface area is 85.8 Å². The molecule has 15 heavy (non-hydrogen) atoms. The zero-order valence-corrected chi connectivity index (χ0v) is 7.93. The summed E-state index contributed by atoms with van der Waals surface area (Å²) in [5.41, 5.74) is 15.6. The minimum Gasteiger partial charge on any atom is -0.448 e. The number of rotatable bonds is 4. The lowest BCUT2D eigenvalue weighted by Crippen LogP contribution is -2.19. The normalized spacial score (nSPS) is 9.60. The molecule has 82 valence electrons. The molecule has 1 aromatic rings. The van der Waals surface area contributed by atoms with Gasteiger partial charge < -0.3 is 27.3 Å². The van der Waals surface area contributed by atoms with Gasteiger partial charge in [0.1, 0.15) is 18.2 Å². The van der Waals surface area contributed by atoms with Gasteiger partial charge in [-0.15, -0.1) is 0 Å². The molecule has 0 radical (unpaired) electrons. The zero-order valence-electron chi connectivity index (χ0n) is 7.93. The van der Waals surface area contributed by atoms with Crippen molar-refractivity contribution in [3.05, 3.63) is 6.07 Å². The molecule has 0 spiro atoms. The van der Waals surface area contributed by atoms with Crippen molar-refractivity contribution in [2.75, 3.05) is 29.9 Å². The molecule has 1 heterocycles. The van der Waals surface area contributed by atoms with Crippen LogP contribution in [-0.4, -0.2) is 29.2 Å². The SMILES string of the molecule is NC(=O)OCCNc1cc(N)nc(N)n1. The van der Waals surface area contributed by atoms with E-state index in [2.05, 4.69) is 20.0 Å². The maximum Gasteiger partial charge on any atom is 0.404 e. The number of nitrogens with one attached hydrogen (secondary N) is 1. The van der Waals surface area contributed by atoms with Crippen LogP contribution in [0.5, 0.6) is 0 Å². The van der Waals surface area contributed by atoms with Crippen LogP contribution in [0.15, 0.2) is 6.07 Å². The summed E-state index contributed by atoms with van der Waals surface area (Å²) in [6, 6.07) is 1.51. The molecule has 0 bridgehead atoms. The van der Waals surface area contributed by atoms with Gasteiger partial charge >= 0.3 is 6.09 Å². The highest BCUT2D eigenvalue weighted by molar-refractivity contribution is 5.64. The van der Waals surface area contributed by atoms with E-state index in [0.717, 1.165) is 0 Å². The Bertz CT molecular complexity index is 335. The molecule has 1 aromatic heterocycles. The average molecular weight is 212 g/mol. The monoisotopic (exact) mass is 212 g/mol. The van der Waals surface area contributed by atoms with Crippen molar-refractivity contribution in [1.82, 2.24) is 9.97 Å². The fraction of sp³-hybridized carbons (Fsp3) is 0.286. The second-order valence-electron chi connectivity index (χ2n) is 2.63. The molecule has 8 heteroatoms. The van der Waals surface area contributed by atoms with E-state index in [4.69, 9.17) is 17.2 Å². The first-order valence-corrected chi connectivity index (χ1v) is 4.14. The maximum atomic E-state index is 10.2. The molecule has 0 aliphatic rings. The fourth-order valence-corrected chi connectivity index (χ4v) is 0.907. The van der Waals surface area contributed by atoms with Gasteiger partial charge in [-0.3, -0.25) is 0 Å². The van der Waals surface area contributed by atoms with E-state index >= 15 is 0 Å². The van der Waals surface area contributed by atoms with Crippen LogP contribution in [0.2, 0.25) is 0 Å². The van der Waals surface area contributed by atoms with Crippen molar-refractivity contribution in [2.45, 2.75) is 0 Å². The number of primary amides is 1. The van der Waals surface area contributed by atoms with Crippen molar-refractivity contribution in [2.24, 2.45) is 5.73 Å². The quantitative estimate of drug-likeness (QED) is 0.476. The maximum absolute atomic E-state index is 10.2. The molecule has 0 fully saturated rings. The third kappa shape index (κ3) is 3.98. The predicted octanol–water partition coefficient (Wildman–Crippen LogP) is -0.852. The molecule has 8 nitrogen and oxygen atoms in total. The highest BCUT2D eigenvalue weighted by Gasteiger charge is 1.99. The second-order valence-corrected chi connectivity index (χ2v) is 2.63. The summed E-state index contributed by atoms with van der Waals surface area (Å²) in [7, 11) is 0. The van der Waals surface area contributed by atoms with Crippen LogP contribution in [0, 0.1) is 0 Å². The molecular formula is C7H12N6O2. The van der Waals surface area contributed by atoms with Crippen LogP contribution in [0.1, 0.15) is 0 Å². The van der Waals surface area contributed by atoms with Gasteiger partial charge in [0.25, 0.3) is 0 Å². The van der Waals surface area contributed by atoms with Gasteiger partial charge in [0.2, 0.25) is 5.95 Å². The molecule has 0 unspecified atom stereocenters. The van der Waals surface area contributed by atoms with Crippen molar-refractivity contribution < 1.29 is 9.53 Å². The lowest BCUT2D eigenvalue weighted by Gasteiger charge is -2.06. The van der Waals surface area contributed by atoms with Crippen LogP contribution in [0.25, 0.3) is 0 Å². The van der Waals surface area contributed by atoms with Gasteiger partial charge in [0, 0.05) is 6.07 Å². The Morgan fingerprint density at radius 3 is 2.80 bits per heavy atom. The van der Waals surface area contributed by atoms with E-state index in [0.29, 0.717) is 12.4 Å². The van der Waals surface area contributed by atoms with E-state index < -0.39 is 6.09 Å². The van der Waals surface area contributed by atoms with Crippen LogP contribution in [0.4, 0.5) is 22.4 Å². The molecule has 1 rings (SSSR count). The third-order valence-electron chi connectivity index (χ3n) is 1.42. The molecule has 0 atom stereocenters. The average Bonchev–Trinajstić information content (AvgIpc) is 2.10. The first-order chi connectivity index (χ1) is 7.08. The number of ether oxygens (including phenoxy) is 1. The van der Waals surface area contributed by atoms with E-state index in [1.807, 2.05) is 0 Å². The number of carbonyl (C=O) groups is 1. The Morgan fingerprint density at radius 2 is 2.20 bits per heavy atom. The van der Waals surface area contributed by atoms with E-state index in [9.17, 15) is 4.79 Å². The number of anilines is 3. The van der Waals surface area contributed by atoms with E-state index in [1.54, 1.807) is 0 Å². The molecule has 0 saturated carbocycles. The number of nitrogens with two attached hydrogens (primary N) is 3. The lowest BCUT2D eigenvalue weighted by atomic mass is 10.5. The first-order valence-electron chi connectivity index (χ1n) is 4.14. The molecular weight excluding hydrogens is 200 g/mol. The molecule has 0 aliphatic carbocycles. The minimum absolute atomic E-state index is 0.0771. The van der Waals surface area contributed by atoms with E-state index in [-0.39, 0.29) is 18.4 Å². The van der Waals surface area contributed by atoms with Gasteiger partial charge in [-0.25, -0.2) is 4.79 Å². The van der Waals surface area contributed by atoms with Crippen molar-refractivity contribution in [3.63, 3.8) is 0 Å². The Hall–Kier alpha value is -2.25. The van der Waals surface area contributed by atoms with Gasteiger partial charge in [0.15, 0.2) is 0 Å². The second kappa shape index (κ2) is 4.84. The topological polar surface area (TPSA) is 142 Å². The van der Waals surface area contributed by atoms with Gasteiger partial charge in [-0.2, -0.15) is 9.97 Å². The van der Waals surface area contributed by atoms with Crippen LogP contribution < -0.4 is 22.5 Å². The van der Waals surface area contributed by atoms with Crippen LogP contribution in [0.3, 0.4) is 0 Å². The van der Waals surface area contributed by atoms with Crippen LogP contribution >= 0.6 is 0 Å². The number of aromatic nitrogens is 2. The number of nitrogens with zero attached hydrogens (tertiary/aromatic N) is 2. The minimum atomic E-state index is -0.821. The van der Waals surface area contributed by atoms with Gasteiger partial charge in [-0.05, 0) is 0 Å². The number of hydrogen-bond acceptors (Lipinski definition) is 7. The van der Waals surface area contributed by atoms with Crippen molar-refractivity contribution in [3.8, 4) is 0 Å². The molecule has 0 saturated heterocycles. The van der Waals surface area contributed by atoms with Gasteiger partial charge in [-0.1, -0.05) is 0 Å². The molecule has 0 aromatic carbocycles. The Kier molecular flexibility index (Phi) is 3.49. The highest BCUT2D eigenvalue weighted by Crippen LogP contribution is 2.08. The smallest absolute Gasteiger partial charge is 0.404 e. The van der Waals surface area contributed by atoms with Gasteiger partial charge in [0.05, 0.1) is 6.54 Å². The van der Waals surface area contributed by atoms with E-state index in [1.165, 1.54) is 6.07 Å². The Balaban J connectivity index is 2.40. The Morgan fingerprint density at radius 1 is 1.47 bits per heavy atom. The number of carbonyl (C=O) groups excluding carboxylic acids is 1. The predicted molar refractivity (Wildman–Crippen MR) is 54.9 cm³/mol. The van der Waals surface area contributed by atoms with Crippen LogP contribution in [-0.2, 0) is 4.74 Å². The summed E-state index contributed by atoms with van der Waals surface area (Å²) in [6.45, 7) is 0.498. The lowest BCUT2D eigenvalue weighted by molar-refractivity contribution is 0.161. The summed E-state index contributed by atoms with van der Waals surface area (Å²) in [5, 5.41) is 2.84. The summed E-state index contributed by atoms with van der Waals surface area (Å²) < 4.78 is 4.49. The standard InChI is InChI=1S/C7H12N6O2/c8-4-3-5(13-6(9)12-4)11-1-2-15-7(10)14/h3H,1-2H2,(H2,10,14)(H5,8,9,11,12,13). The summed E-state index contributed by atoms with van der Waals surface area (Å²) in [6.07, 6.45) is -0.821. The third-order valence-corrected chi connectivity index (χ3v) is 1.42. The summed E-state index contributed by atoms with van der Waals surface area (Å²) in [4.78, 5) is 17.8. The fourth-order valence-electron chi connectivity index (χ4n) is 0.907. The number of hydrogen-bond donors (Lipinski definition) is 4. The zero-order chi connectivity index (χ0) is 11.3. The number of nitrogen functional groups attached to an aromatic ring is 2. The highest BCUT2D eigenvalue weighted by atomic mass is 16.5. The summed E-state index contributed by atoms with van der Waals surface area (Å²) in [5.74, 6) is 0.808. The first kappa shape index (κ1) is 10.8.